The van der Waals surface area contributed by atoms with Crippen LogP contribution in [0.15, 0.2) is 0 Å². The van der Waals surface area contributed by atoms with E-state index >= 15 is 0 Å². The molecule has 1 saturated heterocycles. The number of rotatable bonds is 0. The van der Waals surface area contributed by atoms with Crippen molar-refractivity contribution in [2.45, 2.75) is 31.2 Å². The van der Waals surface area contributed by atoms with E-state index in [0.29, 0.717) is 12.0 Å². The van der Waals surface area contributed by atoms with Crippen molar-refractivity contribution in [1.29, 1.82) is 0 Å². The van der Waals surface area contributed by atoms with Gasteiger partial charge in [-0.1, -0.05) is 0 Å². The molecule has 2 saturated carbocycles. The fourth-order valence-corrected chi connectivity index (χ4v) is 2.67. The summed E-state index contributed by atoms with van der Waals surface area (Å²) in [4.78, 5) is 0. The number of aliphatic hydroxyl groups excluding tert-OH is 1. The van der Waals surface area contributed by atoms with E-state index in [1.54, 1.807) is 0 Å². The van der Waals surface area contributed by atoms with Gasteiger partial charge in [0.05, 0.1) is 18.3 Å². The van der Waals surface area contributed by atoms with Gasteiger partial charge in [0, 0.05) is 5.92 Å². The lowest BCUT2D eigenvalue weighted by Gasteiger charge is -2.44. The Kier molecular flexibility index (Phi) is 0.616. The van der Waals surface area contributed by atoms with Gasteiger partial charge in [0.2, 0.25) is 0 Å². The van der Waals surface area contributed by atoms with Crippen LogP contribution in [-0.2, 0) is 4.74 Å². The van der Waals surface area contributed by atoms with Crippen LogP contribution in [0.3, 0.4) is 0 Å². The topological polar surface area (TPSA) is 29.5 Å². The molecule has 0 amide bonds. The van der Waals surface area contributed by atoms with Crippen LogP contribution in [0.2, 0.25) is 0 Å². The SMILES string of the molecule is OC1C2CC3OC1C3C2. The molecule has 1 aliphatic heterocycles. The average Bonchev–Trinajstić information content (AvgIpc) is 2.20. The molecule has 0 aromatic carbocycles. The van der Waals surface area contributed by atoms with Gasteiger partial charge in [-0.15, -0.1) is 0 Å². The quantitative estimate of drug-likeness (QED) is 0.501. The van der Waals surface area contributed by atoms with E-state index in [9.17, 15) is 5.11 Å². The maximum Gasteiger partial charge on any atom is 0.0893 e. The normalized spacial score (nSPS) is 68.3. The summed E-state index contributed by atoms with van der Waals surface area (Å²) in [6, 6.07) is 0. The third kappa shape index (κ3) is 0.356. The maximum absolute atomic E-state index is 9.40. The summed E-state index contributed by atoms with van der Waals surface area (Å²) in [6.45, 7) is 0. The minimum absolute atomic E-state index is 0.111. The highest BCUT2D eigenvalue weighted by atomic mass is 16.5. The molecule has 2 heteroatoms. The minimum Gasteiger partial charge on any atom is -0.390 e. The number of ether oxygens (including phenoxy) is 1. The van der Waals surface area contributed by atoms with Gasteiger partial charge in [0.25, 0.3) is 0 Å². The summed E-state index contributed by atoms with van der Waals surface area (Å²) < 4.78 is 5.39. The summed E-state index contributed by atoms with van der Waals surface area (Å²) in [5.74, 6) is 1.34. The smallest absolute Gasteiger partial charge is 0.0893 e. The average molecular weight is 126 g/mol. The van der Waals surface area contributed by atoms with Gasteiger partial charge in [0.1, 0.15) is 0 Å². The number of hydrogen-bond acceptors (Lipinski definition) is 2. The van der Waals surface area contributed by atoms with Crippen molar-refractivity contribution in [3.8, 4) is 0 Å². The largest absolute Gasteiger partial charge is 0.390 e. The summed E-state index contributed by atoms with van der Waals surface area (Å²) in [6.07, 6.45) is 3.04. The van der Waals surface area contributed by atoms with Crippen molar-refractivity contribution in [2.24, 2.45) is 11.8 Å². The zero-order valence-corrected chi connectivity index (χ0v) is 5.16. The Hall–Kier alpha value is -0.0800. The van der Waals surface area contributed by atoms with E-state index in [2.05, 4.69) is 0 Å². The van der Waals surface area contributed by atoms with Crippen LogP contribution in [0.25, 0.3) is 0 Å². The molecule has 5 atom stereocenters. The van der Waals surface area contributed by atoms with Crippen LogP contribution in [0.4, 0.5) is 0 Å². The molecule has 3 rings (SSSR count). The molecule has 1 heterocycles. The lowest BCUT2D eigenvalue weighted by molar-refractivity contribution is -0.220. The molecule has 3 aliphatic rings. The van der Waals surface area contributed by atoms with Gasteiger partial charge in [-0.3, -0.25) is 0 Å². The molecular weight excluding hydrogens is 116 g/mol. The molecule has 0 radical (unpaired) electrons. The summed E-state index contributed by atoms with van der Waals surface area (Å²) in [5, 5.41) is 9.40. The van der Waals surface area contributed by atoms with Gasteiger partial charge in [-0.2, -0.15) is 0 Å². The molecular formula is C7H10O2. The zero-order chi connectivity index (χ0) is 6.01. The third-order valence-electron chi connectivity index (χ3n) is 3.16. The first-order valence-electron chi connectivity index (χ1n) is 3.70. The molecule has 5 unspecified atom stereocenters. The highest BCUT2D eigenvalue weighted by molar-refractivity contribution is 5.09. The molecule has 0 spiro atoms. The molecule has 2 aliphatic carbocycles. The monoisotopic (exact) mass is 126 g/mol. The summed E-state index contributed by atoms with van der Waals surface area (Å²) in [5.41, 5.74) is 0. The van der Waals surface area contributed by atoms with Crippen LogP contribution in [-0.4, -0.2) is 23.4 Å². The second-order valence-corrected chi connectivity index (χ2v) is 3.53. The van der Waals surface area contributed by atoms with E-state index in [4.69, 9.17) is 4.74 Å². The van der Waals surface area contributed by atoms with Crippen molar-refractivity contribution in [2.75, 3.05) is 0 Å². The lowest BCUT2D eigenvalue weighted by atomic mass is 9.86. The highest BCUT2D eigenvalue weighted by Crippen LogP contribution is 2.55. The predicted octanol–water partition coefficient (Wildman–Crippen LogP) is 0.155. The number of aliphatic hydroxyl groups is 1. The summed E-state index contributed by atoms with van der Waals surface area (Å²) >= 11 is 0. The lowest BCUT2D eigenvalue weighted by Crippen LogP contribution is -2.53. The zero-order valence-electron chi connectivity index (χ0n) is 5.16. The Morgan fingerprint density at radius 1 is 1.33 bits per heavy atom. The molecule has 2 nitrogen and oxygen atoms in total. The van der Waals surface area contributed by atoms with Gasteiger partial charge in [-0.25, -0.2) is 0 Å². The maximum atomic E-state index is 9.40. The molecule has 0 aromatic rings. The van der Waals surface area contributed by atoms with Crippen LogP contribution < -0.4 is 0 Å². The van der Waals surface area contributed by atoms with E-state index in [1.807, 2.05) is 0 Å². The van der Waals surface area contributed by atoms with Crippen LogP contribution in [0.5, 0.6) is 0 Å². The fraction of sp³-hybridized carbons (Fsp3) is 1.00. The molecule has 1 N–H and O–H groups in total. The second-order valence-electron chi connectivity index (χ2n) is 3.53. The summed E-state index contributed by atoms with van der Waals surface area (Å²) in [7, 11) is 0. The molecule has 0 aromatic heterocycles. The number of hydrogen-bond donors (Lipinski definition) is 1. The van der Waals surface area contributed by atoms with Crippen molar-refractivity contribution in [3.05, 3.63) is 0 Å². The Bertz CT molecular complexity index is 146. The Balaban J connectivity index is 2.00. The first kappa shape index (κ1) is 4.69. The van der Waals surface area contributed by atoms with Gasteiger partial charge in [-0.05, 0) is 18.8 Å². The molecule has 2 bridgehead atoms. The molecule has 3 fully saturated rings. The number of fused-ring (bicyclic) bond motifs is 1. The van der Waals surface area contributed by atoms with Crippen LogP contribution in [0.1, 0.15) is 12.8 Å². The van der Waals surface area contributed by atoms with Gasteiger partial charge < -0.3 is 9.84 Å². The van der Waals surface area contributed by atoms with E-state index < -0.39 is 0 Å². The third-order valence-corrected chi connectivity index (χ3v) is 3.16. The van der Waals surface area contributed by atoms with E-state index in [1.165, 1.54) is 6.42 Å². The van der Waals surface area contributed by atoms with Crippen molar-refractivity contribution in [1.82, 2.24) is 0 Å². The second kappa shape index (κ2) is 1.18. The highest BCUT2D eigenvalue weighted by Gasteiger charge is 2.61. The van der Waals surface area contributed by atoms with Crippen LogP contribution >= 0.6 is 0 Å². The van der Waals surface area contributed by atoms with Crippen molar-refractivity contribution < 1.29 is 9.84 Å². The van der Waals surface area contributed by atoms with Crippen molar-refractivity contribution >= 4 is 0 Å². The molecule has 9 heavy (non-hydrogen) atoms. The first-order chi connectivity index (χ1) is 4.36. The van der Waals surface area contributed by atoms with Gasteiger partial charge >= 0.3 is 0 Å². The van der Waals surface area contributed by atoms with Gasteiger partial charge in [0.15, 0.2) is 0 Å². The Labute approximate surface area is 53.8 Å². The first-order valence-corrected chi connectivity index (χ1v) is 3.70. The molecule has 50 valence electrons. The minimum atomic E-state index is -0.111. The van der Waals surface area contributed by atoms with E-state index in [0.717, 1.165) is 12.3 Å². The van der Waals surface area contributed by atoms with Crippen molar-refractivity contribution in [3.63, 3.8) is 0 Å². The Morgan fingerprint density at radius 2 is 2.22 bits per heavy atom. The van der Waals surface area contributed by atoms with E-state index in [-0.39, 0.29) is 12.2 Å². The standard InChI is InChI=1S/C7H10O2/c8-6-3-1-4-5(2-3)9-7(4)6/h3-8H,1-2H2. The Morgan fingerprint density at radius 3 is 2.56 bits per heavy atom. The predicted molar refractivity (Wildman–Crippen MR) is 30.9 cm³/mol. The van der Waals surface area contributed by atoms with Crippen LogP contribution in [0, 0.1) is 11.8 Å². The fourth-order valence-electron chi connectivity index (χ4n) is 2.67.